The molecule has 0 radical (unpaired) electrons. The first-order valence-electron chi connectivity index (χ1n) is 9.69. The molecule has 1 N–H and O–H groups in total. The molecule has 2 aromatic carbocycles. The number of aliphatic imine (C=N–C) groups is 1. The molecule has 0 aliphatic heterocycles. The summed E-state index contributed by atoms with van der Waals surface area (Å²) in [5.41, 5.74) is 3.11. The molecule has 0 saturated carbocycles. The van der Waals surface area contributed by atoms with E-state index in [1.54, 1.807) is 0 Å². The molecule has 0 atom stereocenters. The second-order valence-electron chi connectivity index (χ2n) is 7.09. The third kappa shape index (κ3) is 5.10. The number of ether oxygens (including phenoxy) is 1. The summed E-state index contributed by atoms with van der Waals surface area (Å²) in [7, 11) is 2.00. The van der Waals surface area contributed by atoms with E-state index >= 15 is 0 Å². The number of nitrogens with zero attached hydrogens (tertiary/aromatic N) is 2. The largest absolute Gasteiger partial charge is 0.457 e. The van der Waals surface area contributed by atoms with E-state index in [0.29, 0.717) is 12.8 Å². The lowest BCUT2D eigenvalue weighted by Crippen LogP contribution is -2.23. The van der Waals surface area contributed by atoms with E-state index in [4.69, 9.17) is 4.74 Å². The number of hydrogen-bond donors (Lipinski definition) is 1. The molecule has 4 nitrogen and oxygen atoms in total. The zero-order valence-corrected chi connectivity index (χ0v) is 17.4. The molecule has 0 fully saturated rings. The Morgan fingerprint density at radius 1 is 1.07 bits per heavy atom. The molecule has 0 bridgehead atoms. The smallest absolute Gasteiger partial charge is 0.130 e. The fraction of sp³-hybridized carbons (Fsp3) is 0.435. The average molecular weight is 369 g/mol. The van der Waals surface area contributed by atoms with Crippen LogP contribution in [-0.4, -0.2) is 29.9 Å². The van der Waals surface area contributed by atoms with Crippen molar-refractivity contribution in [3.05, 3.63) is 53.1 Å². The predicted octanol–water partition coefficient (Wildman–Crippen LogP) is 5.71. The number of rotatable bonds is 8. The number of aliphatic hydroxyl groups is 1. The summed E-state index contributed by atoms with van der Waals surface area (Å²) in [6.07, 6.45) is 3.19. The van der Waals surface area contributed by atoms with Crippen LogP contribution in [0.4, 0.5) is 5.69 Å². The van der Waals surface area contributed by atoms with Gasteiger partial charge in [-0.2, -0.15) is 0 Å². The van der Waals surface area contributed by atoms with Crippen LogP contribution in [0.25, 0.3) is 0 Å². The first-order valence-corrected chi connectivity index (χ1v) is 9.69. The van der Waals surface area contributed by atoms with Gasteiger partial charge < -0.3 is 14.7 Å². The maximum atomic E-state index is 10.8. The molecular formula is C23H32N2O2. The van der Waals surface area contributed by atoms with Gasteiger partial charge in [0.05, 0.1) is 17.6 Å². The van der Waals surface area contributed by atoms with Crippen LogP contribution in [0.2, 0.25) is 0 Å². The quantitative estimate of drug-likeness (QED) is 0.479. The molecule has 0 unspecified atom stereocenters. The molecular weight excluding hydrogens is 336 g/mol. The summed E-state index contributed by atoms with van der Waals surface area (Å²) < 4.78 is 6.14. The highest BCUT2D eigenvalue weighted by Gasteiger charge is 2.25. The highest BCUT2D eigenvalue weighted by atomic mass is 16.5. The second-order valence-corrected chi connectivity index (χ2v) is 7.09. The monoisotopic (exact) mass is 368 g/mol. The van der Waals surface area contributed by atoms with Crippen molar-refractivity contribution in [2.75, 3.05) is 13.6 Å². The zero-order chi connectivity index (χ0) is 20.0. The third-order valence-corrected chi connectivity index (χ3v) is 5.16. The summed E-state index contributed by atoms with van der Waals surface area (Å²) in [6, 6.07) is 11.8. The van der Waals surface area contributed by atoms with Crippen molar-refractivity contribution < 1.29 is 9.84 Å². The molecule has 2 rings (SSSR count). The van der Waals surface area contributed by atoms with Crippen LogP contribution in [0.15, 0.2) is 41.4 Å². The molecule has 0 spiro atoms. The summed E-state index contributed by atoms with van der Waals surface area (Å²) in [6.45, 7) is 11.1. The Labute approximate surface area is 163 Å². The molecule has 0 amide bonds. The van der Waals surface area contributed by atoms with Gasteiger partial charge in [-0.05, 0) is 74.6 Å². The first-order chi connectivity index (χ1) is 12.8. The standard InChI is InChI=1S/C23H32N2O2/c1-7-23(26,8-2)19-11-10-12-20(15-19)27-22-14-17(4)21(13-18(22)5)24-16-25(6)9-3/h10-16,26H,7-9H2,1-6H3/b24-16+. The molecule has 0 aromatic heterocycles. The third-order valence-electron chi connectivity index (χ3n) is 5.16. The summed E-state index contributed by atoms with van der Waals surface area (Å²) in [4.78, 5) is 6.60. The number of benzene rings is 2. The van der Waals surface area contributed by atoms with Crippen LogP contribution in [0, 0.1) is 13.8 Å². The van der Waals surface area contributed by atoms with Crippen LogP contribution in [-0.2, 0) is 5.60 Å². The highest BCUT2D eigenvalue weighted by molar-refractivity contribution is 5.64. The number of hydrogen-bond acceptors (Lipinski definition) is 3. The van der Waals surface area contributed by atoms with E-state index in [1.165, 1.54) is 0 Å². The van der Waals surface area contributed by atoms with Crippen LogP contribution < -0.4 is 4.74 Å². The van der Waals surface area contributed by atoms with E-state index in [2.05, 4.69) is 11.9 Å². The van der Waals surface area contributed by atoms with Gasteiger partial charge in [0.15, 0.2) is 0 Å². The van der Waals surface area contributed by atoms with Crippen molar-refractivity contribution >= 4 is 12.0 Å². The van der Waals surface area contributed by atoms with E-state index < -0.39 is 5.60 Å². The molecule has 27 heavy (non-hydrogen) atoms. The van der Waals surface area contributed by atoms with Gasteiger partial charge in [0.1, 0.15) is 11.5 Å². The molecule has 0 saturated heterocycles. The minimum absolute atomic E-state index is 0.671. The molecule has 146 valence electrons. The van der Waals surface area contributed by atoms with Crippen molar-refractivity contribution in [2.24, 2.45) is 4.99 Å². The van der Waals surface area contributed by atoms with E-state index in [0.717, 1.165) is 40.4 Å². The Balaban J connectivity index is 2.28. The van der Waals surface area contributed by atoms with E-state index in [1.807, 2.05) is 82.4 Å². The van der Waals surface area contributed by atoms with Gasteiger partial charge in [-0.25, -0.2) is 4.99 Å². The first kappa shape index (κ1) is 21.0. The SMILES string of the molecule is CCN(C)/C=N/c1cc(C)c(Oc2cccc(C(O)(CC)CC)c2)cc1C. The van der Waals surface area contributed by atoms with Gasteiger partial charge >= 0.3 is 0 Å². The topological polar surface area (TPSA) is 45.1 Å². The Morgan fingerprint density at radius 3 is 2.41 bits per heavy atom. The van der Waals surface area contributed by atoms with E-state index in [9.17, 15) is 5.11 Å². The Kier molecular flexibility index (Phi) is 7.03. The van der Waals surface area contributed by atoms with Gasteiger partial charge in [-0.1, -0.05) is 26.0 Å². The molecule has 2 aromatic rings. The fourth-order valence-electron chi connectivity index (χ4n) is 2.90. The van der Waals surface area contributed by atoms with E-state index in [-0.39, 0.29) is 0 Å². The maximum absolute atomic E-state index is 10.8. The second kappa shape index (κ2) is 9.05. The van der Waals surface area contributed by atoms with Gasteiger partial charge in [0, 0.05) is 13.6 Å². The minimum atomic E-state index is -0.811. The average Bonchev–Trinajstić information content (AvgIpc) is 2.68. The molecule has 0 aliphatic rings. The summed E-state index contributed by atoms with van der Waals surface area (Å²) in [5.74, 6) is 1.54. The summed E-state index contributed by atoms with van der Waals surface area (Å²) in [5, 5.41) is 10.8. The lowest BCUT2D eigenvalue weighted by atomic mass is 9.88. The van der Waals surface area contributed by atoms with Crippen LogP contribution >= 0.6 is 0 Å². The Hall–Kier alpha value is -2.33. The Morgan fingerprint density at radius 2 is 1.78 bits per heavy atom. The van der Waals surface area contributed by atoms with Crippen LogP contribution in [0.3, 0.4) is 0 Å². The summed E-state index contributed by atoms with van der Waals surface area (Å²) >= 11 is 0. The van der Waals surface area contributed by atoms with Crippen LogP contribution in [0.1, 0.15) is 50.3 Å². The minimum Gasteiger partial charge on any atom is -0.457 e. The number of aryl methyl sites for hydroxylation is 2. The molecule has 0 heterocycles. The normalized spacial score (nSPS) is 11.8. The lowest BCUT2D eigenvalue weighted by molar-refractivity contribution is 0.0282. The lowest BCUT2D eigenvalue weighted by Gasteiger charge is -2.26. The van der Waals surface area contributed by atoms with Crippen molar-refractivity contribution in [2.45, 2.75) is 53.1 Å². The van der Waals surface area contributed by atoms with Crippen LogP contribution in [0.5, 0.6) is 11.5 Å². The van der Waals surface area contributed by atoms with Crippen molar-refractivity contribution in [3.63, 3.8) is 0 Å². The van der Waals surface area contributed by atoms with Crippen molar-refractivity contribution in [1.82, 2.24) is 4.90 Å². The predicted molar refractivity (Wildman–Crippen MR) is 113 cm³/mol. The van der Waals surface area contributed by atoms with Gasteiger partial charge in [0.2, 0.25) is 0 Å². The van der Waals surface area contributed by atoms with Crippen molar-refractivity contribution in [3.8, 4) is 11.5 Å². The fourth-order valence-corrected chi connectivity index (χ4v) is 2.90. The van der Waals surface area contributed by atoms with Gasteiger partial charge in [0.25, 0.3) is 0 Å². The molecule has 0 aliphatic carbocycles. The maximum Gasteiger partial charge on any atom is 0.130 e. The zero-order valence-electron chi connectivity index (χ0n) is 17.4. The van der Waals surface area contributed by atoms with Crippen molar-refractivity contribution in [1.29, 1.82) is 0 Å². The van der Waals surface area contributed by atoms with Gasteiger partial charge in [-0.3, -0.25) is 0 Å². The molecule has 4 heteroatoms. The Bertz CT molecular complexity index is 795. The highest BCUT2D eigenvalue weighted by Crippen LogP contribution is 2.34. The van der Waals surface area contributed by atoms with Gasteiger partial charge in [-0.15, -0.1) is 0 Å².